The number of halogens is 1. The maximum absolute atomic E-state index is 11.3. The van der Waals surface area contributed by atoms with Crippen LogP contribution in [0.1, 0.15) is 15.9 Å². The zero-order valence-corrected chi connectivity index (χ0v) is 10.2. The van der Waals surface area contributed by atoms with Crippen LogP contribution >= 0.6 is 15.9 Å². The van der Waals surface area contributed by atoms with Crippen LogP contribution in [0.2, 0.25) is 0 Å². The molecule has 82 valence electrons. The molecule has 0 aliphatic heterocycles. The Balaban J connectivity index is 2.66. The van der Waals surface area contributed by atoms with Crippen molar-refractivity contribution in [2.45, 2.75) is 6.92 Å². The fraction of sp³-hybridized carbons (Fsp3) is 0.0909. The zero-order valence-electron chi connectivity index (χ0n) is 8.62. The molecule has 0 radical (unpaired) electrons. The summed E-state index contributed by atoms with van der Waals surface area (Å²) in [6.07, 6.45) is 1.50. The summed E-state index contributed by atoms with van der Waals surface area (Å²) < 4.78 is 0.919. The van der Waals surface area contributed by atoms with Gasteiger partial charge in [0.05, 0.1) is 11.1 Å². The number of aromatic nitrogens is 1. The summed E-state index contributed by atoms with van der Waals surface area (Å²) in [4.78, 5) is 15.6. The molecule has 0 aliphatic carbocycles. The normalized spacial score (nSPS) is 10.4. The van der Waals surface area contributed by atoms with E-state index in [1.165, 1.54) is 6.20 Å². The number of nitrogen functional groups attached to an aromatic ring is 1. The van der Waals surface area contributed by atoms with Gasteiger partial charge in [-0.05, 0) is 46.6 Å². The van der Waals surface area contributed by atoms with Gasteiger partial charge < -0.3 is 0 Å². The highest BCUT2D eigenvalue weighted by Gasteiger charge is 2.07. The highest BCUT2D eigenvalue weighted by molar-refractivity contribution is 9.10. The van der Waals surface area contributed by atoms with Crippen molar-refractivity contribution >= 4 is 32.7 Å². The molecular weight excluding hydrogens is 270 g/mol. The second-order valence-electron chi connectivity index (χ2n) is 3.52. The minimum absolute atomic E-state index is 0.341. The molecule has 0 aliphatic rings. The molecule has 0 bridgehead atoms. The van der Waals surface area contributed by atoms with Crippen LogP contribution in [0.3, 0.4) is 0 Å². The molecule has 4 nitrogen and oxygen atoms in total. The van der Waals surface area contributed by atoms with E-state index in [1.54, 1.807) is 6.07 Å². The van der Waals surface area contributed by atoms with Gasteiger partial charge in [0.25, 0.3) is 5.91 Å². The van der Waals surface area contributed by atoms with Crippen molar-refractivity contribution in [2.24, 2.45) is 5.84 Å². The molecule has 5 heteroatoms. The summed E-state index contributed by atoms with van der Waals surface area (Å²) in [5.41, 5.74) is 4.47. The third-order valence-corrected chi connectivity index (χ3v) is 2.88. The monoisotopic (exact) mass is 279 g/mol. The standard InChI is InChI=1S/C11H10BrN3O/c1-6-2-7-4-8(11(16)15-13)5-14-10(7)9(12)3-6/h2-5H,13H2,1H3,(H,15,16). The number of hydrazine groups is 1. The van der Waals surface area contributed by atoms with E-state index in [4.69, 9.17) is 5.84 Å². The Kier molecular flexibility index (Phi) is 2.89. The Morgan fingerprint density at radius 3 is 2.88 bits per heavy atom. The second kappa shape index (κ2) is 4.19. The lowest BCUT2D eigenvalue weighted by Gasteiger charge is -2.04. The number of nitrogens with two attached hydrogens (primary N) is 1. The van der Waals surface area contributed by atoms with E-state index < -0.39 is 0 Å². The molecule has 3 N–H and O–H groups in total. The zero-order chi connectivity index (χ0) is 11.7. The third-order valence-electron chi connectivity index (χ3n) is 2.27. The maximum Gasteiger partial charge on any atom is 0.266 e. The molecule has 1 aromatic heterocycles. The van der Waals surface area contributed by atoms with Gasteiger partial charge in [-0.3, -0.25) is 15.2 Å². The molecule has 0 spiro atoms. The molecule has 1 heterocycles. The Hall–Kier alpha value is -1.46. The van der Waals surface area contributed by atoms with Gasteiger partial charge in [-0.2, -0.15) is 0 Å². The summed E-state index contributed by atoms with van der Waals surface area (Å²) >= 11 is 3.44. The van der Waals surface area contributed by atoms with Gasteiger partial charge in [-0.25, -0.2) is 5.84 Å². The van der Waals surface area contributed by atoms with Crippen molar-refractivity contribution in [3.05, 3.63) is 40.0 Å². The Morgan fingerprint density at radius 1 is 1.44 bits per heavy atom. The van der Waals surface area contributed by atoms with Crippen molar-refractivity contribution in [1.29, 1.82) is 0 Å². The summed E-state index contributed by atoms with van der Waals surface area (Å²) in [5.74, 6) is 4.73. The predicted octanol–water partition coefficient (Wildman–Crippen LogP) is 1.91. The third kappa shape index (κ3) is 1.91. The lowest BCUT2D eigenvalue weighted by molar-refractivity contribution is 0.0953. The largest absolute Gasteiger partial charge is 0.290 e. The molecule has 1 amide bonds. The number of hydrogen-bond donors (Lipinski definition) is 2. The summed E-state index contributed by atoms with van der Waals surface area (Å²) in [6.45, 7) is 1.99. The van der Waals surface area contributed by atoms with Crippen LogP contribution in [0.4, 0.5) is 0 Å². The average molecular weight is 280 g/mol. The fourth-order valence-electron chi connectivity index (χ4n) is 1.55. The van der Waals surface area contributed by atoms with Gasteiger partial charge in [-0.15, -0.1) is 0 Å². The smallest absolute Gasteiger partial charge is 0.266 e. The van der Waals surface area contributed by atoms with Crippen LogP contribution < -0.4 is 11.3 Å². The quantitative estimate of drug-likeness (QED) is 0.476. The number of nitrogens with one attached hydrogen (secondary N) is 1. The molecule has 16 heavy (non-hydrogen) atoms. The van der Waals surface area contributed by atoms with Crippen molar-refractivity contribution in [3.8, 4) is 0 Å². The van der Waals surface area contributed by atoms with Gasteiger partial charge in [0, 0.05) is 16.1 Å². The number of carbonyl (C=O) groups is 1. The first-order chi connectivity index (χ1) is 7.61. The van der Waals surface area contributed by atoms with Gasteiger partial charge >= 0.3 is 0 Å². The molecule has 0 saturated heterocycles. The number of benzene rings is 1. The Bertz CT molecular complexity index is 568. The van der Waals surface area contributed by atoms with Crippen LogP contribution in [0.5, 0.6) is 0 Å². The lowest BCUT2D eigenvalue weighted by Crippen LogP contribution is -2.30. The van der Waals surface area contributed by atoms with Crippen molar-refractivity contribution in [3.63, 3.8) is 0 Å². The first kappa shape index (κ1) is 11.0. The van der Waals surface area contributed by atoms with E-state index in [0.29, 0.717) is 5.56 Å². The van der Waals surface area contributed by atoms with Crippen LogP contribution in [-0.4, -0.2) is 10.9 Å². The molecule has 2 aromatic rings. The summed E-state index contributed by atoms with van der Waals surface area (Å²) in [6, 6.07) is 5.72. The van der Waals surface area contributed by atoms with Crippen LogP contribution in [0.15, 0.2) is 28.9 Å². The molecule has 0 saturated carbocycles. The van der Waals surface area contributed by atoms with Gasteiger partial charge in [0.1, 0.15) is 0 Å². The first-order valence-electron chi connectivity index (χ1n) is 4.68. The number of amides is 1. The number of rotatable bonds is 1. The van der Waals surface area contributed by atoms with E-state index in [9.17, 15) is 4.79 Å². The molecule has 2 rings (SSSR count). The number of carbonyl (C=O) groups excluding carboxylic acids is 1. The van der Waals surface area contributed by atoms with Crippen molar-refractivity contribution < 1.29 is 4.79 Å². The van der Waals surface area contributed by atoms with Crippen molar-refractivity contribution in [1.82, 2.24) is 10.4 Å². The first-order valence-corrected chi connectivity index (χ1v) is 5.48. The van der Waals surface area contributed by atoms with E-state index in [1.807, 2.05) is 19.1 Å². The molecule has 1 aromatic carbocycles. The number of pyridine rings is 1. The van der Waals surface area contributed by atoms with Gasteiger partial charge in [-0.1, -0.05) is 0 Å². The lowest BCUT2D eigenvalue weighted by atomic mass is 10.1. The van der Waals surface area contributed by atoms with Crippen LogP contribution in [0.25, 0.3) is 10.9 Å². The van der Waals surface area contributed by atoms with Gasteiger partial charge in [0.15, 0.2) is 0 Å². The SMILES string of the molecule is Cc1cc(Br)c2ncc(C(=O)NN)cc2c1. The molecule has 0 fully saturated rings. The second-order valence-corrected chi connectivity index (χ2v) is 4.37. The van der Waals surface area contributed by atoms with Crippen LogP contribution in [0, 0.1) is 6.92 Å². The van der Waals surface area contributed by atoms with E-state index in [2.05, 4.69) is 26.3 Å². The minimum Gasteiger partial charge on any atom is -0.290 e. The Morgan fingerprint density at radius 2 is 2.19 bits per heavy atom. The minimum atomic E-state index is -0.341. The molecular formula is C11H10BrN3O. The van der Waals surface area contributed by atoms with Crippen LogP contribution in [-0.2, 0) is 0 Å². The highest BCUT2D eigenvalue weighted by Crippen LogP contribution is 2.24. The number of hydrogen-bond acceptors (Lipinski definition) is 3. The number of aryl methyl sites for hydroxylation is 1. The van der Waals surface area contributed by atoms with E-state index in [-0.39, 0.29) is 5.91 Å². The van der Waals surface area contributed by atoms with Gasteiger partial charge in [0.2, 0.25) is 0 Å². The predicted molar refractivity (Wildman–Crippen MR) is 65.8 cm³/mol. The summed E-state index contributed by atoms with van der Waals surface area (Å²) in [7, 11) is 0. The van der Waals surface area contributed by atoms with E-state index in [0.717, 1.165) is 20.9 Å². The number of fused-ring (bicyclic) bond motifs is 1. The maximum atomic E-state index is 11.3. The molecule has 0 atom stereocenters. The molecule has 0 unspecified atom stereocenters. The van der Waals surface area contributed by atoms with E-state index >= 15 is 0 Å². The van der Waals surface area contributed by atoms with Crippen molar-refractivity contribution in [2.75, 3.05) is 0 Å². The highest BCUT2D eigenvalue weighted by atomic mass is 79.9. The Labute approximate surface area is 101 Å². The average Bonchev–Trinajstić information content (AvgIpc) is 2.27. The fourth-order valence-corrected chi connectivity index (χ4v) is 2.25. The topological polar surface area (TPSA) is 68.0 Å². The number of nitrogens with zero attached hydrogens (tertiary/aromatic N) is 1. The summed E-state index contributed by atoms with van der Waals surface area (Å²) in [5, 5.41) is 0.910.